The van der Waals surface area contributed by atoms with E-state index in [0.717, 1.165) is 22.4 Å². The van der Waals surface area contributed by atoms with Crippen molar-refractivity contribution in [3.8, 4) is 11.4 Å². The number of hydrogen-bond donors (Lipinski definition) is 2. The zero-order valence-corrected chi connectivity index (χ0v) is 19.4. The number of nitrogens with zero attached hydrogens (tertiary/aromatic N) is 4. The van der Waals surface area contributed by atoms with Crippen LogP contribution in [0.3, 0.4) is 0 Å². The molecule has 0 saturated carbocycles. The molecule has 3 aromatic rings. The first-order valence-electron chi connectivity index (χ1n) is 11.6. The van der Waals surface area contributed by atoms with Crippen molar-refractivity contribution in [2.45, 2.75) is 38.4 Å². The highest BCUT2D eigenvalue weighted by Gasteiger charge is 2.39. The maximum atomic E-state index is 13.1. The Morgan fingerprint density at radius 2 is 2.03 bits per heavy atom. The highest BCUT2D eigenvalue weighted by molar-refractivity contribution is 6.05. The molecular formula is C25H22N6O5. The quantitative estimate of drug-likeness (QED) is 0.529. The number of hydrogen-bond acceptors (Lipinski definition) is 7. The molecule has 36 heavy (non-hydrogen) atoms. The molecule has 0 aliphatic carbocycles. The lowest BCUT2D eigenvalue weighted by atomic mass is 10.0. The predicted molar refractivity (Wildman–Crippen MR) is 124 cm³/mol. The zero-order valence-electron chi connectivity index (χ0n) is 19.4. The minimum atomic E-state index is -0.679. The zero-order chi connectivity index (χ0) is 25.0. The van der Waals surface area contributed by atoms with E-state index in [-0.39, 0.29) is 42.4 Å². The molecule has 3 aliphatic rings. The van der Waals surface area contributed by atoms with Crippen molar-refractivity contribution >= 4 is 23.6 Å². The van der Waals surface area contributed by atoms with Crippen molar-refractivity contribution in [2.75, 3.05) is 6.61 Å². The van der Waals surface area contributed by atoms with Crippen LogP contribution in [-0.4, -0.2) is 56.2 Å². The highest BCUT2D eigenvalue weighted by atomic mass is 16.5. The fourth-order valence-electron chi connectivity index (χ4n) is 4.87. The molecule has 0 spiro atoms. The molecule has 6 rings (SSSR count). The van der Waals surface area contributed by atoms with Crippen LogP contribution in [0.15, 0.2) is 42.6 Å². The van der Waals surface area contributed by atoms with Crippen LogP contribution < -0.4 is 15.4 Å². The van der Waals surface area contributed by atoms with E-state index in [0.29, 0.717) is 24.3 Å². The van der Waals surface area contributed by atoms with Gasteiger partial charge >= 0.3 is 0 Å². The van der Waals surface area contributed by atoms with Crippen LogP contribution in [0, 0.1) is 6.92 Å². The molecule has 1 fully saturated rings. The van der Waals surface area contributed by atoms with E-state index < -0.39 is 11.9 Å². The van der Waals surface area contributed by atoms with Gasteiger partial charge in [-0.25, -0.2) is 4.68 Å². The van der Waals surface area contributed by atoms with Crippen LogP contribution >= 0.6 is 0 Å². The van der Waals surface area contributed by atoms with Crippen molar-refractivity contribution < 1.29 is 23.9 Å². The molecular weight excluding hydrogens is 464 g/mol. The van der Waals surface area contributed by atoms with Crippen LogP contribution in [-0.2, 0) is 16.1 Å². The first-order valence-corrected chi connectivity index (χ1v) is 11.6. The smallest absolute Gasteiger partial charge is 0.274 e. The number of amides is 4. The van der Waals surface area contributed by atoms with Crippen molar-refractivity contribution in [1.29, 1.82) is 0 Å². The lowest BCUT2D eigenvalue weighted by Crippen LogP contribution is -2.52. The average molecular weight is 486 g/mol. The number of carbonyl (C=O) groups is 4. The van der Waals surface area contributed by atoms with Crippen molar-refractivity contribution in [2.24, 2.45) is 0 Å². The second-order valence-electron chi connectivity index (χ2n) is 9.17. The first-order chi connectivity index (χ1) is 17.4. The number of imide groups is 1. The largest absolute Gasteiger partial charge is 0.491 e. The Hall–Kier alpha value is -4.54. The van der Waals surface area contributed by atoms with Gasteiger partial charge in [-0.05, 0) is 37.1 Å². The van der Waals surface area contributed by atoms with Gasteiger partial charge in [-0.2, -0.15) is 0 Å². The number of fused-ring (bicyclic) bond motifs is 2. The number of carbonyl (C=O) groups excluding carboxylic acids is 4. The summed E-state index contributed by atoms with van der Waals surface area (Å²) in [4.78, 5) is 51.1. The molecule has 2 N–H and O–H groups in total. The first kappa shape index (κ1) is 22.0. The molecule has 2 aromatic carbocycles. The molecule has 182 valence electrons. The minimum absolute atomic E-state index is 0.132. The maximum Gasteiger partial charge on any atom is 0.274 e. The molecule has 11 heteroatoms. The summed E-state index contributed by atoms with van der Waals surface area (Å²) in [6.07, 6.45) is 2.00. The van der Waals surface area contributed by atoms with Crippen molar-refractivity contribution in [3.63, 3.8) is 0 Å². The lowest BCUT2D eigenvalue weighted by Gasteiger charge is -2.29. The van der Waals surface area contributed by atoms with Gasteiger partial charge in [0.2, 0.25) is 11.8 Å². The molecule has 4 heterocycles. The summed E-state index contributed by atoms with van der Waals surface area (Å²) in [5.41, 5.74) is 3.92. The molecule has 0 bridgehead atoms. The van der Waals surface area contributed by atoms with Crippen LogP contribution in [0.1, 0.15) is 56.4 Å². The van der Waals surface area contributed by atoms with E-state index in [4.69, 9.17) is 4.74 Å². The topological polar surface area (TPSA) is 136 Å². The molecule has 11 nitrogen and oxygen atoms in total. The summed E-state index contributed by atoms with van der Waals surface area (Å²) in [5, 5.41) is 13.3. The predicted octanol–water partition coefficient (Wildman–Crippen LogP) is 1.20. The van der Waals surface area contributed by atoms with E-state index in [9.17, 15) is 19.2 Å². The van der Waals surface area contributed by atoms with Crippen molar-refractivity contribution in [3.05, 3.63) is 70.5 Å². The van der Waals surface area contributed by atoms with E-state index in [1.165, 1.54) is 15.8 Å². The fraction of sp³-hybridized carbons (Fsp3) is 0.280. The summed E-state index contributed by atoms with van der Waals surface area (Å²) in [6.45, 7) is 2.61. The molecule has 2 atom stereocenters. The van der Waals surface area contributed by atoms with Crippen LogP contribution in [0.4, 0.5) is 0 Å². The van der Waals surface area contributed by atoms with Crippen molar-refractivity contribution in [1.82, 2.24) is 30.5 Å². The van der Waals surface area contributed by atoms with Crippen LogP contribution in [0.25, 0.3) is 5.69 Å². The summed E-state index contributed by atoms with van der Waals surface area (Å²) < 4.78 is 7.09. The summed E-state index contributed by atoms with van der Waals surface area (Å²) in [6, 6.07) is 10.1. The molecule has 3 aliphatic heterocycles. The third-order valence-electron chi connectivity index (χ3n) is 6.75. The van der Waals surface area contributed by atoms with Gasteiger partial charge in [0.25, 0.3) is 11.8 Å². The second kappa shape index (κ2) is 8.29. The van der Waals surface area contributed by atoms with E-state index in [2.05, 4.69) is 20.9 Å². The third kappa shape index (κ3) is 3.69. The molecule has 1 saturated heterocycles. The summed E-state index contributed by atoms with van der Waals surface area (Å²) in [5.74, 6) is -0.692. The Kier molecular flexibility index (Phi) is 5.06. The number of aryl methyl sites for hydroxylation is 1. The number of nitrogens with one attached hydrogen (secondary N) is 2. The Bertz CT molecular complexity index is 1450. The number of ether oxygens (including phenoxy) is 1. The van der Waals surface area contributed by atoms with Crippen LogP contribution in [0.2, 0.25) is 0 Å². The second-order valence-corrected chi connectivity index (χ2v) is 9.17. The Balaban J connectivity index is 1.18. The standard InChI is InChI=1S/C25H22N6O5/c1-13-2-6-21-17(8-13)19(12-36-21)26-23(33)18-11-31(29-28-18)15-4-3-14-10-30(25(35)16(14)9-15)20-5-7-22(32)27-24(20)34/h2-4,6,8-9,11,19-20H,5,7,10,12H2,1H3,(H,26,33)(H,27,32,34). The minimum Gasteiger partial charge on any atom is -0.491 e. The van der Waals surface area contributed by atoms with Gasteiger partial charge in [-0.1, -0.05) is 29.0 Å². The van der Waals surface area contributed by atoms with Gasteiger partial charge in [0.05, 0.1) is 17.9 Å². The molecule has 1 aromatic heterocycles. The van der Waals surface area contributed by atoms with Gasteiger partial charge in [-0.3, -0.25) is 24.5 Å². The molecule has 4 amide bonds. The fourth-order valence-corrected chi connectivity index (χ4v) is 4.87. The Labute approximate surface area is 205 Å². The average Bonchev–Trinajstić information content (AvgIpc) is 3.57. The highest BCUT2D eigenvalue weighted by Crippen LogP contribution is 2.33. The number of benzene rings is 2. The SMILES string of the molecule is Cc1ccc2c(c1)C(NC(=O)c1cn(-c3ccc4c(c3)C(=O)N(C3CCC(=O)NC3=O)C4)nn1)CO2. The normalized spacial score (nSPS) is 20.6. The summed E-state index contributed by atoms with van der Waals surface area (Å²) in [7, 11) is 0. The monoisotopic (exact) mass is 486 g/mol. The Morgan fingerprint density at radius 3 is 2.86 bits per heavy atom. The molecule has 2 unspecified atom stereocenters. The third-order valence-corrected chi connectivity index (χ3v) is 6.75. The van der Waals surface area contributed by atoms with Gasteiger partial charge < -0.3 is 15.0 Å². The van der Waals surface area contributed by atoms with E-state index in [1.54, 1.807) is 18.2 Å². The van der Waals surface area contributed by atoms with Gasteiger partial charge in [-0.15, -0.1) is 5.10 Å². The van der Waals surface area contributed by atoms with E-state index in [1.807, 2.05) is 25.1 Å². The number of rotatable bonds is 4. The number of aromatic nitrogens is 3. The van der Waals surface area contributed by atoms with Crippen LogP contribution in [0.5, 0.6) is 5.75 Å². The Morgan fingerprint density at radius 1 is 1.17 bits per heavy atom. The van der Waals surface area contributed by atoms with Gasteiger partial charge in [0.15, 0.2) is 5.69 Å². The van der Waals surface area contributed by atoms with E-state index >= 15 is 0 Å². The number of piperidine rings is 1. The molecule has 0 radical (unpaired) electrons. The van der Waals surface area contributed by atoms with Gasteiger partial charge in [0.1, 0.15) is 18.4 Å². The maximum absolute atomic E-state index is 13.1. The summed E-state index contributed by atoms with van der Waals surface area (Å²) >= 11 is 0. The lowest BCUT2D eigenvalue weighted by molar-refractivity contribution is -0.136. The van der Waals surface area contributed by atoms with Gasteiger partial charge in [0, 0.05) is 24.1 Å².